The van der Waals surface area contributed by atoms with E-state index in [1.54, 1.807) is 0 Å². The Morgan fingerprint density at radius 3 is 2.30 bits per heavy atom. The van der Waals surface area contributed by atoms with Crippen LogP contribution in [0.25, 0.3) is 22.2 Å². The Balaban J connectivity index is 1.93. The molecular weight excluding hydrogens is 342 g/mol. The summed E-state index contributed by atoms with van der Waals surface area (Å²) in [4.78, 5) is 22.7. The molecule has 1 aromatic heterocycles. The molecule has 4 rings (SSSR count). The lowest BCUT2D eigenvalue weighted by molar-refractivity contribution is -0.132. The van der Waals surface area contributed by atoms with Crippen molar-refractivity contribution in [1.29, 1.82) is 0 Å². The standard InChI is InChI=1S/C22H21NO4/c1-4-23-21-10-8-17(27-14(3)25)12-20(21)18-9-6-15-5-7-16(26-13(2)24)11-19(15)22(18)23/h5,7-8,10-12H,4,6,9H2,1-3H3. The van der Waals surface area contributed by atoms with Gasteiger partial charge in [0.15, 0.2) is 0 Å². The van der Waals surface area contributed by atoms with Gasteiger partial charge in [0.25, 0.3) is 0 Å². The van der Waals surface area contributed by atoms with Crippen LogP contribution in [-0.2, 0) is 29.0 Å². The zero-order chi connectivity index (χ0) is 19.1. The first-order chi connectivity index (χ1) is 13.0. The summed E-state index contributed by atoms with van der Waals surface area (Å²) < 4.78 is 12.9. The number of rotatable bonds is 3. The number of hydrogen-bond donors (Lipinski definition) is 0. The van der Waals surface area contributed by atoms with Gasteiger partial charge in [-0.3, -0.25) is 9.59 Å². The predicted molar refractivity (Wildman–Crippen MR) is 103 cm³/mol. The minimum Gasteiger partial charge on any atom is -0.427 e. The van der Waals surface area contributed by atoms with E-state index in [0.29, 0.717) is 11.5 Å². The van der Waals surface area contributed by atoms with Crippen molar-refractivity contribution in [3.05, 3.63) is 47.5 Å². The second-order valence-corrected chi connectivity index (χ2v) is 6.76. The maximum absolute atomic E-state index is 11.3. The number of aryl methyl sites for hydroxylation is 3. The molecule has 1 aliphatic carbocycles. The van der Waals surface area contributed by atoms with Crippen molar-refractivity contribution in [3.8, 4) is 22.8 Å². The van der Waals surface area contributed by atoms with Crippen LogP contribution >= 0.6 is 0 Å². The number of aromatic nitrogens is 1. The largest absolute Gasteiger partial charge is 0.427 e. The molecule has 0 unspecified atom stereocenters. The first-order valence-electron chi connectivity index (χ1n) is 9.13. The highest BCUT2D eigenvalue weighted by molar-refractivity contribution is 5.95. The van der Waals surface area contributed by atoms with Crippen LogP contribution in [0.2, 0.25) is 0 Å². The maximum atomic E-state index is 11.3. The summed E-state index contributed by atoms with van der Waals surface area (Å²) in [6.07, 6.45) is 1.84. The molecule has 3 aromatic rings. The Labute approximate surface area is 157 Å². The van der Waals surface area contributed by atoms with E-state index in [-0.39, 0.29) is 11.9 Å². The van der Waals surface area contributed by atoms with Gasteiger partial charge in [-0.25, -0.2) is 0 Å². The Hall–Kier alpha value is -3.08. The van der Waals surface area contributed by atoms with Gasteiger partial charge in [0.1, 0.15) is 11.5 Å². The summed E-state index contributed by atoms with van der Waals surface area (Å²) in [6.45, 7) is 5.74. The highest BCUT2D eigenvalue weighted by Crippen LogP contribution is 2.42. The molecule has 138 valence electrons. The van der Waals surface area contributed by atoms with Crippen molar-refractivity contribution in [2.75, 3.05) is 0 Å². The van der Waals surface area contributed by atoms with Gasteiger partial charge < -0.3 is 14.0 Å². The summed E-state index contributed by atoms with van der Waals surface area (Å²) >= 11 is 0. The Morgan fingerprint density at radius 1 is 0.963 bits per heavy atom. The zero-order valence-electron chi connectivity index (χ0n) is 15.7. The molecule has 0 aliphatic heterocycles. The van der Waals surface area contributed by atoms with E-state index in [1.807, 2.05) is 36.4 Å². The highest BCUT2D eigenvalue weighted by atomic mass is 16.5. The molecule has 5 nitrogen and oxygen atoms in total. The number of carbonyl (C=O) groups excluding carboxylic acids is 2. The number of hydrogen-bond acceptors (Lipinski definition) is 4. The summed E-state index contributed by atoms with van der Waals surface area (Å²) in [6, 6.07) is 11.6. The van der Waals surface area contributed by atoms with Gasteiger partial charge in [-0.15, -0.1) is 0 Å². The third-order valence-electron chi connectivity index (χ3n) is 4.96. The van der Waals surface area contributed by atoms with Crippen molar-refractivity contribution in [3.63, 3.8) is 0 Å². The maximum Gasteiger partial charge on any atom is 0.308 e. The third kappa shape index (κ3) is 2.99. The molecule has 0 spiro atoms. The first-order valence-corrected chi connectivity index (χ1v) is 9.13. The van der Waals surface area contributed by atoms with Crippen LogP contribution in [0.4, 0.5) is 0 Å². The molecule has 0 bridgehead atoms. The van der Waals surface area contributed by atoms with Crippen LogP contribution in [-0.4, -0.2) is 16.5 Å². The number of carbonyl (C=O) groups is 2. The van der Waals surface area contributed by atoms with Crippen LogP contribution in [0.1, 0.15) is 31.9 Å². The Kier molecular flexibility index (Phi) is 4.22. The lowest BCUT2D eigenvalue weighted by Gasteiger charge is -2.20. The lowest BCUT2D eigenvalue weighted by atomic mass is 9.88. The quantitative estimate of drug-likeness (QED) is 0.515. The molecule has 0 amide bonds. The van der Waals surface area contributed by atoms with Gasteiger partial charge in [0.2, 0.25) is 0 Å². The number of fused-ring (bicyclic) bond motifs is 5. The fraction of sp³-hybridized carbons (Fsp3) is 0.273. The Bertz CT molecular complexity index is 1080. The van der Waals surface area contributed by atoms with Gasteiger partial charge in [-0.1, -0.05) is 6.07 Å². The van der Waals surface area contributed by atoms with Crippen LogP contribution < -0.4 is 9.47 Å². The molecule has 0 radical (unpaired) electrons. The van der Waals surface area contributed by atoms with E-state index >= 15 is 0 Å². The fourth-order valence-electron chi connectivity index (χ4n) is 4.01. The van der Waals surface area contributed by atoms with E-state index in [0.717, 1.165) is 41.5 Å². The van der Waals surface area contributed by atoms with Gasteiger partial charge >= 0.3 is 11.9 Å². The minimum absolute atomic E-state index is 0.325. The molecule has 1 aliphatic rings. The van der Waals surface area contributed by atoms with Gasteiger partial charge in [0, 0.05) is 36.9 Å². The molecule has 0 saturated carbocycles. The number of benzene rings is 2. The third-order valence-corrected chi connectivity index (χ3v) is 4.96. The highest BCUT2D eigenvalue weighted by Gasteiger charge is 2.25. The van der Waals surface area contributed by atoms with Crippen LogP contribution in [0.15, 0.2) is 36.4 Å². The molecule has 2 aromatic carbocycles. The van der Waals surface area contributed by atoms with E-state index in [2.05, 4.69) is 11.5 Å². The normalized spacial score (nSPS) is 12.4. The summed E-state index contributed by atoms with van der Waals surface area (Å²) in [5.41, 5.74) is 5.86. The van der Waals surface area contributed by atoms with E-state index < -0.39 is 0 Å². The zero-order valence-corrected chi connectivity index (χ0v) is 15.7. The fourth-order valence-corrected chi connectivity index (χ4v) is 4.01. The molecule has 0 saturated heterocycles. The second-order valence-electron chi connectivity index (χ2n) is 6.76. The molecule has 0 N–H and O–H groups in total. The second kappa shape index (κ2) is 6.58. The molecule has 0 atom stereocenters. The number of nitrogens with zero attached hydrogens (tertiary/aromatic N) is 1. The summed E-state index contributed by atoms with van der Waals surface area (Å²) in [5.74, 6) is 0.468. The molecule has 0 fully saturated rings. The average molecular weight is 363 g/mol. The van der Waals surface area contributed by atoms with Crippen LogP contribution in [0.5, 0.6) is 11.5 Å². The molecular formula is C22H21NO4. The number of esters is 2. The topological polar surface area (TPSA) is 57.5 Å². The first kappa shape index (κ1) is 17.3. The van der Waals surface area contributed by atoms with Crippen molar-refractivity contribution in [2.24, 2.45) is 0 Å². The summed E-state index contributed by atoms with van der Waals surface area (Å²) in [5, 5.41) is 1.11. The van der Waals surface area contributed by atoms with Crippen molar-refractivity contribution < 1.29 is 19.1 Å². The van der Waals surface area contributed by atoms with Crippen LogP contribution in [0.3, 0.4) is 0 Å². The van der Waals surface area contributed by atoms with E-state index in [4.69, 9.17) is 9.47 Å². The molecule has 5 heteroatoms. The number of ether oxygens (including phenoxy) is 2. The smallest absolute Gasteiger partial charge is 0.308 e. The monoisotopic (exact) mass is 363 g/mol. The van der Waals surface area contributed by atoms with Crippen molar-refractivity contribution in [1.82, 2.24) is 4.57 Å². The van der Waals surface area contributed by atoms with E-state index in [9.17, 15) is 9.59 Å². The average Bonchev–Trinajstić information content (AvgIpc) is 2.94. The van der Waals surface area contributed by atoms with E-state index in [1.165, 1.54) is 25.0 Å². The van der Waals surface area contributed by atoms with Gasteiger partial charge in [0.05, 0.1) is 5.69 Å². The van der Waals surface area contributed by atoms with Crippen molar-refractivity contribution >= 4 is 22.8 Å². The Morgan fingerprint density at radius 2 is 1.63 bits per heavy atom. The molecule has 27 heavy (non-hydrogen) atoms. The van der Waals surface area contributed by atoms with Gasteiger partial charge in [-0.2, -0.15) is 0 Å². The SMILES string of the molecule is CCn1c2c(c3cc(OC(C)=O)ccc31)CCc1ccc(OC(C)=O)cc1-2. The lowest BCUT2D eigenvalue weighted by Crippen LogP contribution is -2.08. The van der Waals surface area contributed by atoms with Crippen molar-refractivity contribution in [2.45, 2.75) is 40.2 Å². The van der Waals surface area contributed by atoms with Gasteiger partial charge in [-0.05, 0) is 61.2 Å². The molecule has 1 heterocycles. The van der Waals surface area contributed by atoms with Crippen LogP contribution in [0, 0.1) is 0 Å². The summed E-state index contributed by atoms with van der Waals surface area (Å²) in [7, 11) is 0. The minimum atomic E-state index is -0.326. The predicted octanol–water partition coefficient (Wildman–Crippen LogP) is 4.28.